The topological polar surface area (TPSA) is 18.5 Å². The molecule has 35 heavy (non-hydrogen) atoms. The Hall–Kier alpha value is -1.84. The Bertz CT molecular complexity index is 1340. The van der Waals surface area contributed by atoms with Gasteiger partial charge >= 0.3 is 82.5 Å². The van der Waals surface area contributed by atoms with Gasteiger partial charge in [0.1, 0.15) is 0 Å². The third kappa shape index (κ3) is 7.57. The minimum absolute atomic E-state index is 0.557. The van der Waals surface area contributed by atoms with Crippen molar-refractivity contribution >= 4 is 49.2 Å². The van der Waals surface area contributed by atoms with Crippen molar-refractivity contribution in [1.82, 2.24) is 0 Å². The van der Waals surface area contributed by atoms with Crippen LogP contribution in [0.5, 0.6) is 11.5 Å². The molecule has 182 valence electrons. The third-order valence-electron chi connectivity index (χ3n) is 5.64. The summed E-state index contributed by atoms with van der Waals surface area (Å²) in [6, 6.07) is 31.2. The Morgan fingerprint density at radius 2 is 1.14 bits per heavy atom. The average Bonchev–Trinajstić information content (AvgIpc) is 3.45. The number of halogens is 2. The number of hydrogen-bond donors (Lipinski definition) is 0. The van der Waals surface area contributed by atoms with E-state index in [0.717, 1.165) is 11.5 Å². The Labute approximate surface area is 223 Å². The number of benzene rings is 3. The third-order valence-corrected chi connectivity index (χ3v) is 23.8. The maximum atomic E-state index is 5.97. The van der Waals surface area contributed by atoms with Gasteiger partial charge < -0.3 is 9.47 Å². The first-order valence-corrected chi connectivity index (χ1v) is 23.3. The Balaban J connectivity index is 0.000000147. The number of ether oxygens (including phenoxy) is 2. The second-order valence-corrected chi connectivity index (χ2v) is 29.2. The minimum atomic E-state index is -1.95. The van der Waals surface area contributed by atoms with E-state index in [0.29, 0.717) is 0 Å². The zero-order valence-corrected chi connectivity index (χ0v) is 25.7. The first-order chi connectivity index (χ1) is 16.8. The molecule has 0 aliphatic heterocycles. The van der Waals surface area contributed by atoms with Gasteiger partial charge in [0, 0.05) is 0 Å². The summed E-state index contributed by atoms with van der Waals surface area (Å²) in [6.45, 7) is 6.40. The average molecular weight is 601 g/mol. The molecule has 6 heteroatoms. The molecular formula is C29H30Cl2O2SiZr-2. The van der Waals surface area contributed by atoms with Crippen molar-refractivity contribution in [3.05, 3.63) is 102 Å². The molecule has 0 unspecified atom stereocenters. The van der Waals surface area contributed by atoms with Crippen LogP contribution >= 0.6 is 17.0 Å². The number of aryl methyl sites for hydroxylation is 2. The number of hydrogen-bond acceptors (Lipinski definition) is 2. The predicted molar refractivity (Wildman–Crippen MR) is 151 cm³/mol. The van der Waals surface area contributed by atoms with Crippen LogP contribution < -0.4 is 14.7 Å². The van der Waals surface area contributed by atoms with Crippen LogP contribution in [-0.4, -0.2) is 19.7 Å². The molecule has 0 heterocycles. The van der Waals surface area contributed by atoms with E-state index in [9.17, 15) is 0 Å². The summed E-state index contributed by atoms with van der Waals surface area (Å²) in [7, 11) is 15.4. The molecule has 0 amide bonds. The fourth-order valence-electron chi connectivity index (χ4n) is 3.87. The second kappa shape index (κ2) is 13.5. The Morgan fingerprint density at radius 1 is 0.686 bits per heavy atom. The summed E-state index contributed by atoms with van der Waals surface area (Å²) in [4.78, 5) is 0. The molecule has 0 N–H and O–H groups in total. The fourth-order valence-corrected chi connectivity index (χ4v) is 11.5. The van der Waals surface area contributed by atoms with Crippen molar-refractivity contribution in [1.29, 1.82) is 0 Å². The monoisotopic (exact) mass is 598 g/mol. The zero-order chi connectivity index (χ0) is 25.4. The molecule has 5 aromatic carbocycles. The van der Waals surface area contributed by atoms with E-state index in [1.165, 1.54) is 37.9 Å². The summed E-state index contributed by atoms with van der Waals surface area (Å²) in [5.74, 6) is 1.92. The van der Waals surface area contributed by atoms with Crippen LogP contribution in [0.25, 0.3) is 21.5 Å². The van der Waals surface area contributed by atoms with Gasteiger partial charge in [-0.2, -0.15) is 12.1 Å². The van der Waals surface area contributed by atoms with Crippen LogP contribution in [0.1, 0.15) is 11.1 Å². The van der Waals surface area contributed by atoms with Crippen molar-refractivity contribution in [2.45, 2.75) is 20.4 Å². The molecule has 0 atom stereocenters. The summed E-state index contributed by atoms with van der Waals surface area (Å²) in [5, 5.41) is 6.30. The molecule has 0 saturated carbocycles. The summed E-state index contributed by atoms with van der Waals surface area (Å²) < 4.78 is 10.5. The van der Waals surface area contributed by atoms with E-state index in [-0.39, 0.29) is 0 Å². The zero-order valence-electron chi connectivity index (χ0n) is 20.7. The molecule has 0 aliphatic carbocycles. The molecule has 5 rings (SSSR count). The molecular weight excluding hydrogens is 571 g/mol. The van der Waals surface area contributed by atoms with Crippen LogP contribution in [0.2, 0.25) is 6.55 Å². The maximum absolute atomic E-state index is 5.97. The molecule has 2 nitrogen and oxygen atoms in total. The van der Waals surface area contributed by atoms with E-state index in [2.05, 4.69) is 68.9 Å². The molecule has 0 fully saturated rings. The van der Waals surface area contributed by atoms with Crippen LogP contribution in [0.4, 0.5) is 0 Å². The normalized spacial score (nSPS) is 10.1. The standard InChI is InChI=1S/2C11H11O.C7H8Si.2ClH.Zr/c2*1-8-6-9-4-3-5-11(12-2)10(9)7-8;1-8-7-5-3-2-4-6-7;;;/h2*3-7H,1-2H3;2-6H,1H3;2*1H;/q2*-1;;;;+2/p-2. The Kier molecular flexibility index (Phi) is 10.7. The molecule has 0 saturated heterocycles. The SMILES string of the molecule is COc1cccc2[cH-]c(C)cc12.COc1cccc2[cH-]c(C)cc12.C[Si](c1ccccc1)=[Zr]([Cl])[Cl]. The van der Waals surface area contributed by atoms with Gasteiger partial charge in [-0.25, -0.2) is 0 Å². The quantitative estimate of drug-likeness (QED) is 0.154. The van der Waals surface area contributed by atoms with E-state index >= 15 is 0 Å². The number of rotatable bonds is 3. The summed E-state index contributed by atoms with van der Waals surface area (Å²) in [6.07, 6.45) is 0. The molecule has 0 bridgehead atoms. The van der Waals surface area contributed by atoms with Crippen molar-refractivity contribution in [2.24, 2.45) is 0 Å². The van der Waals surface area contributed by atoms with Crippen molar-refractivity contribution < 1.29 is 27.5 Å². The summed E-state index contributed by atoms with van der Waals surface area (Å²) >= 11 is -1.95. The van der Waals surface area contributed by atoms with E-state index in [1.54, 1.807) is 14.2 Å². The van der Waals surface area contributed by atoms with E-state index in [1.807, 2.05) is 42.5 Å². The van der Waals surface area contributed by atoms with Gasteiger partial charge in [-0.3, -0.25) is 0 Å². The van der Waals surface area contributed by atoms with Gasteiger partial charge in [0.05, 0.1) is 25.7 Å². The molecule has 0 spiro atoms. The fraction of sp³-hybridized carbons (Fsp3) is 0.172. The number of fused-ring (bicyclic) bond motifs is 2. The summed E-state index contributed by atoms with van der Waals surface area (Å²) in [5.41, 5.74) is 2.02. The molecule has 0 aromatic heterocycles. The van der Waals surface area contributed by atoms with Crippen LogP contribution in [0, 0.1) is 13.8 Å². The molecule has 5 aromatic rings. The first-order valence-electron chi connectivity index (χ1n) is 11.3. The van der Waals surface area contributed by atoms with Crippen LogP contribution in [0.3, 0.4) is 0 Å². The molecule has 0 radical (unpaired) electrons. The van der Waals surface area contributed by atoms with Gasteiger partial charge in [0.25, 0.3) is 0 Å². The Morgan fingerprint density at radius 3 is 1.54 bits per heavy atom. The van der Waals surface area contributed by atoms with Gasteiger partial charge in [-0.05, 0) is 12.1 Å². The van der Waals surface area contributed by atoms with Gasteiger partial charge in [-0.15, -0.1) is 58.3 Å². The van der Waals surface area contributed by atoms with Gasteiger partial charge in [0.15, 0.2) is 0 Å². The van der Waals surface area contributed by atoms with E-state index < -0.39 is 23.4 Å². The van der Waals surface area contributed by atoms with Gasteiger partial charge in [0.2, 0.25) is 0 Å². The van der Waals surface area contributed by atoms with Gasteiger partial charge in [-0.1, -0.05) is 24.6 Å². The van der Waals surface area contributed by atoms with Crippen molar-refractivity contribution in [2.75, 3.05) is 14.2 Å². The van der Waals surface area contributed by atoms with Crippen LogP contribution in [0.15, 0.2) is 91.0 Å². The first kappa shape index (κ1) is 27.7. The molecule has 0 aliphatic rings. The van der Waals surface area contributed by atoms with Crippen molar-refractivity contribution in [3.63, 3.8) is 0 Å². The van der Waals surface area contributed by atoms with E-state index in [4.69, 9.17) is 26.5 Å². The predicted octanol–water partition coefficient (Wildman–Crippen LogP) is 8.19. The second-order valence-electron chi connectivity index (χ2n) is 8.24. The van der Waals surface area contributed by atoms with Crippen molar-refractivity contribution in [3.8, 4) is 11.5 Å². The number of methoxy groups -OCH3 is 2. The van der Waals surface area contributed by atoms with Crippen LogP contribution in [-0.2, 0) is 18.0 Å².